The smallest absolute Gasteiger partial charge is 0.339 e. The molecular formula is C10H8ClNO2. The molecule has 1 rings (SSSR count). The highest BCUT2D eigenvalue weighted by Gasteiger charge is 2.15. The molecule has 0 saturated heterocycles. The van der Waals surface area contributed by atoms with Crippen LogP contribution in [0, 0.1) is 11.3 Å². The van der Waals surface area contributed by atoms with Gasteiger partial charge in [-0.1, -0.05) is 23.7 Å². The van der Waals surface area contributed by atoms with Crippen molar-refractivity contribution in [2.45, 2.75) is 6.42 Å². The second-order valence-electron chi connectivity index (χ2n) is 2.60. The van der Waals surface area contributed by atoms with Crippen molar-refractivity contribution in [2.24, 2.45) is 0 Å². The summed E-state index contributed by atoms with van der Waals surface area (Å²) in [4.78, 5) is 11.3. The lowest BCUT2D eigenvalue weighted by Crippen LogP contribution is -2.06. The molecule has 0 saturated carbocycles. The van der Waals surface area contributed by atoms with Gasteiger partial charge in [-0.2, -0.15) is 5.26 Å². The zero-order chi connectivity index (χ0) is 10.6. The average molecular weight is 210 g/mol. The third-order valence-electron chi connectivity index (χ3n) is 1.76. The lowest BCUT2D eigenvalue weighted by molar-refractivity contribution is 0.0600. The number of esters is 1. The summed E-state index contributed by atoms with van der Waals surface area (Å²) in [6.45, 7) is 0. The number of carbonyl (C=O) groups excluding carboxylic acids is 1. The van der Waals surface area contributed by atoms with Crippen LogP contribution in [0.25, 0.3) is 0 Å². The number of carbonyl (C=O) groups is 1. The third-order valence-corrected chi connectivity index (χ3v) is 2.07. The highest BCUT2D eigenvalue weighted by molar-refractivity contribution is 6.33. The number of methoxy groups -OCH3 is 1. The molecule has 0 atom stereocenters. The van der Waals surface area contributed by atoms with Crippen LogP contribution in [0.3, 0.4) is 0 Å². The van der Waals surface area contributed by atoms with Gasteiger partial charge < -0.3 is 4.74 Å². The Kier molecular flexibility index (Phi) is 3.49. The summed E-state index contributed by atoms with van der Waals surface area (Å²) < 4.78 is 4.57. The van der Waals surface area contributed by atoms with Gasteiger partial charge in [0.15, 0.2) is 0 Å². The molecule has 0 N–H and O–H groups in total. The van der Waals surface area contributed by atoms with E-state index in [4.69, 9.17) is 16.9 Å². The molecule has 0 aliphatic heterocycles. The predicted molar refractivity (Wildman–Crippen MR) is 52.1 cm³/mol. The number of hydrogen-bond acceptors (Lipinski definition) is 3. The second-order valence-corrected chi connectivity index (χ2v) is 3.01. The zero-order valence-electron chi connectivity index (χ0n) is 7.58. The summed E-state index contributed by atoms with van der Waals surface area (Å²) in [5.41, 5.74) is 0.866. The monoisotopic (exact) mass is 209 g/mol. The molecular weight excluding hydrogens is 202 g/mol. The van der Waals surface area contributed by atoms with E-state index in [1.54, 1.807) is 18.2 Å². The van der Waals surface area contributed by atoms with Crippen LogP contribution >= 0.6 is 11.6 Å². The predicted octanol–water partition coefficient (Wildman–Crippen LogP) is 2.19. The van der Waals surface area contributed by atoms with Crippen molar-refractivity contribution < 1.29 is 9.53 Å². The summed E-state index contributed by atoms with van der Waals surface area (Å²) in [5, 5.41) is 8.85. The second kappa shape index (κ2) is 4.64. The fourth-order valence-electron chi connectivity index (χ4n) is 1.13. The van der Waals surface area contributed by atoms with Crippen molar-refractivity contribution in [3.05, 3.63) is 34.3 Å². The lowest BCUT2D eigenvalue weighted by Gasteiger charge is -2.06. The topological polar surface area (TPSA) is 50.1 Å². The van der Waals surface area contributed by atoms with E-state index in [2.05, 4.69) is 4.74 Å². The number of halogens is 1. The van der Waals surface area contributed by atoms with Crippen molar-refractivity contribution in [3.8, 4) is 6.07 Å². The first-order valence-corrected chi connectivity index (χ1v) is 4.31. The molecule has 0 bridgehead atoms. The Labute approximate surface area is 86.9 Å². The largest absolute Gasteiger partial charge is 0.465 e. The Morgan fingerprint density at radius 2 is 2.36 bits per heavy atom. The minimum atomic E-state index is -0.513. The molecule has 4 heteroatoms. The Morgan fingerprint density at radius 1 is 1.64 bits per heavy atom. The molecule has 0 aromatic heterocycles. The molecule has 72 valence electrons. The number of nitrogens with zero attached hydrogens (tertiary/aromatic N) is 1. The van der Waals surface area contributed by atoms with Crippen LogP contribution in [-0.2, 0) is 11.2 Å². The molecule has 3 nitrogen and oxygen atoms in total. The van der Waals surface area contributed by atoms with Crippen LogP contribution in [-0.4, -0.2) is 13.1 Å². The highest BCUT2D eigenvalue weighted by atomic mass is 35.5. The van der Waals surface area contributed by atoms with E-state index < -0.39 is 5.97 Å². The number of ether oxygens (including phenoxy) is 1. The third kappa shape index (κ3) is 2.04. The Balaban J connectivity index is 3.23. The summed E-state index contributed by atoms with van der Waals surface area (Å²) in [6.07, 6.45) is 0.144. The lowest BCUT2D eigenvalue weighted by atomic mass is 10.1. The molecule has 0 radical (unpaired) electrons. The first-order chi connectivity index (χ1) is 6.70. The van der Waals surface area contributed by atoms with Gasteiger partial charge in [0.2, 0.25) is 0 Å². The molecule has 0 unspecified atom stereocenters. The van der Waals surface area contributed by atoms with Gasteiger partial charge in [0.25, 0.3) is 0 Å². The summed E-state index contributed by atoms with van der Waals surface area (Å²) in [7, 11) is 1.28. The van der Waals surface area contributed by atoms with Gasteiger partial charge in [0.05, 0.1) is 30.2 Å². The molecule has 0 amide bonds. The van der Waals surface area contributed by atoms with Gasteiger partial charge >= 0.3 is 5.97 Å². The summed E-state index contributed by atoms with van der Waals surface area (Å²) in [5.74, 6) is -0.513. The van der Waals surface area contributed by atoms with E-state index in [9.17, 15) is 4.79 Å². The minimum Gasteiger partial charge on any atom is -0.465 e. The number of benzene rings is 1. The van der Waals surface area contributed by atoms with Gasteiger partial charge in [0.1, 0.15) is 0 Å². The molecule has 0 aliphatic carbocycles. The molecule has 0 heterocycles. The number of nitriles is 1. The van der Waals surface area contributed by atoms with Gasteiger partial charge in [-0.25, -0.2) is 4.79 Å². The van der Waals surface area contributed by atoms with E-state index >= 15 is 0 Å². The quantitative estimate of drug-likeness (QED) is 0.702. The van der Waals surface area contributed by atoms with Crippen molar-refractivity contribution in [2.75, 3.05) is 7.11 Å². The Bertz CT molecular complexity index is 396. The van der Waals surface area contributed by atoms with Crippen LogP contribution in [0.4, 0.5) is 0 Å². The Hall–Kier alpha value is -1.53. The van der Waals surface area contributed by atoms with Gasteiger partial charge in [-0.15, -0.1) is 0 Å². The molecule has 0 spiro atoms. The molecule has 14 heavy (non-hydrogen) atoms. The molecule has 0 fully saturated rings. The normalized spacial score (nSPS) is 9.21. The summed E-state index contributed by atoms with van der Waals surface area (Å²) in [6, 6.07) is 6.93. The van der Waals surface area contributed by atoms with Crippen LogP contribution < -0.4 is 0 Å². The number of hydrogen-bond donors (Lipinski definition) is 0. The van der Waals surface area contributed by atoms with Crippen LogP contribution in [0.2, 0.25) is 5.02 Å². The fourth-order valence-corrected chi connectivity index (χ4v) is 1.40. The van der Waals surface area contributed by atoms with Crippen LogP contribution in [0.5, 0.6) is 0 Å². The van der Waals surface area contributed by atoms with E-state index in [0.29, 0.717) is 10.6 Å². The SMILES string of the molecule is COC(=O)c1c(Cl)cccc1CC#N. The van der Waals surface area contributed by atoms with E-state index in [1.807, 2.05) is 6.07 Å². The van der Waals surface area contributed by atoms with E-state index in [0.717, 1.165) is 0 Å². The Morgan fingerprint density at radius 3 is 2.93 bits per heavy atom. The van der Waals surface area contributed by atoms with Crippen molar-refractivity contribution >= 4 is 17.6 Å². The summed E-state index contributed by atoms with van der Waals surface area (Å²) >= 11 is 5.83. The first-order valence-electron chi connectivity index (χ1n) is 3.93. The zero-order valence-corrected chi connectivity index (χ0v) is 8.34. The molecule has 1 aromatic carbocycles. The van der Waals surface area contributed by atoms with Gasteiger partial charge in [0, 0.05) is 0 Å². The maximum absolute atomic E-state index is 11.3. The first kappa shape index (κ1) is 10.6. The van der Waals surface area contributed by atoms with Crippen LogP contribution in [0.1, 0.15) is 15.9 Å². The minimum absolute atomic E-state index is 0.144. The van der Waals surface area contributed by atoms with E-state index in [-0.39, 0.29) is 12.0 Å². The highest BCUT2D eigenvalue weighted by Crippen LogP contribution is 2.21. The van der Waals surface area contributed by atoms with Gasteiger partial charge in [-0.3, -0.25) is 0 Å². The molecule has 1 aromatic rings. The average Bonchev–Trinajstić information content (AvgIpc) is 2.18. The standard InChI is InChI=1S/C10H8ClNO2/c1-14-10(13)9-7(5-6-12)3-2-4-8(9)11/h2-4H,5H2,1H3. The van der Waals surface area contributed by atoms with Crippen molar-refractivity contribution in [3.63, 3.8) is 0 Å². The van der Waals surface area contributed by atoms with Crippen LogP contribution in [0.15, 0.2) is 18.2 Å². The van der Waals surface area contributed by atoms with Crippen molar-refractivity contribution in [1.29, 1.82) is 5.26 Å². The maximum Gasteiger partial charge on any atom is 0.339 e. The van der Waals surface area contributed by atoms with Crippen molar-refractivity contribution in [1.82, 2.24) is 0 Å². The van der Waals surface area contributed by atoms with E-state index in [1.165, 1.54) is 7.11 Å². The number of rotatable bonds is 2. The fraction of sp³-hybridized carbons (Fsp3) is 0.200. The van der Waals surface area contributed by atoms with Gasteiger partial charge in [-0.05, 0) is 11.6 Å². The maximum atomic E-state index is 11.3. The molecule has 0 aliphatic rings.